The highest BCUT2D eigenvalue weighted by molar-refractivity contribution is 5.94. The molecule has 0 bridgehead atoms. The predicted octanol–water partition coefficient (Wildman–Crippen LogP) is 1.61. The van der Waals surface area contributed by atoms with E-state index in [1.54, 1.807) is 13.2 Å². The fourth-order valence-corrected chi connectivity index (χ4v) is 1.35. The van der Waals surface area contributed by atoms with E-state index in [-0.39, 0.29) is 5.91 Å². The predicted molar refractivity (Wildman–Crippen MR) is 66.0 cm³/mol. The first-order valence-corrected chi connectivity index (χ1v) is 5.84. The van der Waals surface area contributed by atoms with Gasteiger partial charge in [0, 0.05) is 25.8 Å². The van der Waals surface area contributed by atoms with E-state index in [4.69, 9.17) is 9.47 Å². The number of nitrogens with one attached hydrogen (secondary N) is 1. The van der Waals surface area contributed by atoms with E-state index in [9.17, 15) is 9.18 Å². The number of hydrogen-bond donors (Lipinski definition) is 1. The number of carbonyl (C=O) groups excluding carboxylic acids is 1. The van der Waals surface area contributed by atoms with Crippen LogP contribution in [-0.2, 0) is 9.47 Å². The van der Waals surface area contributed by atoms with Gasteiger partial charge in [-0.05, 0) is 24.6 Å². The summed E-state index contributed by atoms with van der Waals surface area (Å²) in [6, 6.07) is 5.61. The van der Waals surface area contributed by atoms with Gasteiger partial charge < -0.3 is 14.8 Å². The third kappa shape index (κ3) is 5.75. The van der Waals surface area contributed by atoms with E-state index in [2.05, 4.69) is 5.32 Å². The van der Waals surface area contributed by atoms with Gasteiger partial charge in [0.2, 0.25) is 0 Å². The average Bonchev–Trinajstić information content (AvgIpc) is 2.37. The van der Waals surface area contributed by atoms with Crippen LogP contribution in [0.2, 0.25) is 0 Å². The van der Waals surface area contributed by atoms with Gasteiger partial charge in [-0.1, -0.05) is 6.07 Å². The second kappa shape index (κ2) is 8.60. The Morgan fingerprint density at radius 3 is 2.89 bits per heavy atom. The summed E-state index contributed by atoms with van der Waals surface area (Å²) in [6.07, 6.45) is 0.713. The number of ether oxygens (including phenoxy) is 2. The minimum atomic E-state index is -0.412. The van der Waals surface area contributed by atoms with E-state index in [1.807, 2.05) is 0 Å². The smallest absolute Gasteiger partial charge is 0.251 e. The molecule has 100 valence electrons. The van der Waals surface area contributed by atoms with Gasteiger partial charge in [0.15, 0.2) is 0 Å². The summed E-state index contributed by atoms with van der Waals surface area (Å²) in [6.45, 7) is 2.18. The van der Waals surface area contributed by atoms with Crippen LogP contribution in [0.25, 0.3) is 0 Å². The lowest BCUT2D eigenvalue weighted by molar-refractivity contribution is 0.0688. The van der Waals surface area contributed by atoms with E-state index in [0.29, 0.717) is 38.3 Å². The molecule has 0 heterocycles. The standard InChI is InChI=1S/C13H18FNO3/c1-17-8-9-18-7-3-6-15-13(16)11-4-2-5-12(14)10-11/h2,4-5,10H,3,6-9H2,1H3,(H,15,16). The van der Waals surface area contributed by atoms with Gasteiger partial charge >= 0.3 is 0 Å². The Labute approximate surface area is 106 Å². The monoisotopic (exact) mass is 255 g/mol. The molecule has 1 N–H and O–H groups in total. The first-order valence-electron chi connectivity index (χ1n) is 5.84. The molecule has 0 spiro atoms. The van der Waals surface area contributed by atoms with Crippen LogP contribution in [-0.4, -0.2) is 39.4 Å². The third-order valence-corrected chi connectivity index (χ3v) is 2.27. The van der Waals surface area contributed by atoms with E-state index >= 15 is 0 Å². The van der Waals surface area contributed by atoms with Crippen LogP contribution >= 0.6 is 0 Å². The van der Waals surface area contributed by atoms with Crippen molar-refractivity contribution in [2.45, 2.75) is 6.42 Å². The Bertz CT molecular complexity index is 371. The molecule has 0 radical (unpaired) electrons. The van der Waals surface area contributed by atoms with Crippen molar-refractivity contribution in [2.75, 3.05) is 33.5 Å². The van der Waals surface area contributed by atoms with Crippen molar-refractivity contribution in [2.24, 2.45) is 0 Å². The van der Waals surface area contributed by atoms with Gasteiger partial charge in [-0.25, -0.2) is 4.39 Å². The molecule has 0 atom stereocenters. The highest BCUT2D eigenvalue weighted by Gasteiger charge is 2.04. The minimum Gasteiger partial charge on any atom is -0.382 e. The van der Waals surface area contributed by atoms with E-state index in [0.717, 1.165) is 0 Å². The lowest BCUT2D eigenvalue weighted by Crippen LogP contribution is -2.25. The van der Waals surface area contributed by atoms with Gasteiger partial charge in [-0.15, -0.1) is 0 Å². The van der Waals surface area contributed by atoms with Crippen LogP contribution in [0.1, 0.15) is 16.8 Å². The van der Waals surface area contributed by atoms with Crippen LogP contribution in [0.3, 0.4) is 0 Å². The number of carbonyl (C=O) groups is 1. The fourth-order valence-electron chi connectivity index (χ4n) is 1.35. The van der Waals surface area contributed by atoms with Crippen molar-refractivity contribution in [3.05, 3.63) is 35.6 Å². The van der Waals surface area contributed by atoms with E-state index in [1.165, 1.54) is 18.2 Å². The number of amides is 1. The zero-order valence-corrected chi connectivity index (χ0v) is 10.4. The average molecular weight is 255 g/mol. The normalized spacial score (nSPS) is 10.3. The van der Waals surface area contributed by atoms with Crippen LogP contribution in [0.15, 0.2) is 24.3 Å². The van der Waals surface area contributed by atoms with Crippen LogP contribution in [0.5, 0.6) is 0 Å². The molecule has 0 aliphatic carbocycles. The molecule has 1 amide bonds. The summed E-state index contributed by atoms with van der Waals surface area (Å²) >= 11 is 0. The maximum absolute atomic E-state index is 12.9. The Balaban J connectivity index is 2.14. The SMILES string of the molecule is COCCOCCCNC(=O)c1cccc(F)c1. The summed E-state index contributed by atoms with van der Waals surface area (Å²) in [4.78, 5) is 11.6. The van der Waals surface area contributed by atoms with Gasteiger partial charge in [-0.2, -0.15) is 0 Å². The Morgan fingerprint density at radius 1 is 1.33 bits per heavy atom. The molecular weight excluding hydrogens is 237 g/mol. The molecule has 0 aromatic heterocycles. The van der Waals surface area contributed by atoms with Crippen LogP contribution in [0.4, 0.5) is 4.39 Å². The molecule has 18 heavy (non-hydrogen) atoms. The molecule has 4 nitrogen and oxygen atoms in total. The van der Waals surface area contributed by atoms with Crippen molar-refractivity contribution in [1.82, 2.24) is 5.32 Å². The van der Waals surface area contributed by atoms with Crippen molar-refractivity contribution >= 4 is 5.91 Å². The second-order valence-corrected chi connectivity index (χ2v) is 3.72. The fraction of sp³-hybridized carbons (Fsp3) is 0.462. The lowest BCUT2D eigenvalue weighted by atomic mass is 10.2. The minimum absolute atomic E-state index is 0.272. The Hall–Kier alpha value is -1.46. The van der Waals surface area contributed by atoms with Crippen molar-refractivity contribution < 1.29 is 18.7 Å². The zero-order chi connectivity index (χ0) is 13.2. The quantitative estimate of drug-likeness (QED) is 0.718. The van der Waals surface area contributed by atoms with Crippen LogP contribution in [0, 0.1) is 5.82 Å². The Kier molecular flexibility index (Phi) is 6.98. The number of halogens is 1. The molecule has 0 saturated carbocycles. The second-order valence-electron chi connectivity index (χ2n) is 3.72. The molecule has 0 fully saturated rings. The molecule has 1 aromatic carbocycles. The topological polar surface area (TPSA) is 47.6 Å². The van der Waals surface area contributed by atoms with Gasteiger partial charge in [0.1, 0.15) is 5.82 Å². The molecule has 0 aliphatic heterocycles. The van der Waals surface area contributed by atoms with Crippen LogP contribution < -0.4 is 5.32 Å². The summed E-state index contributed by atoms with van der Waals surface area (Å²) in [5.41, 5.74) is 0.329. The number of benzene rings is 1. The lowest BCUT2D eigenvalue weighted by Gasteiger charge is -2.06. The molecule has 0 unspecified atom stereocenters. The molecule has 0 aliphatic rings. The highest BCUT2D eigenvalue weighted by atomic mass is 19.1. The molecule has 5 heteroatoms. The summed E-state index contributed by atoms with van der Waals surface area (Å²) in [7, 11) is 1.61. The van der Waals surface area contributed by atoms with Gasteiger partial charge in [-0.3, -0.25) is 4.79 Å². The number of hydrogen-bond acceptors (Lipinski definition) is 3. The summed E-state index contributed by atoms with van der Waals surface area (Å²) in [5, 5.41) is 2.70. The summed E-state index contributed by atoms with van der Waals surface area (Å²) in [5.74, 6) is -0.683. The third-order valence-electron chi connectivity index (χ3n) is 2.27. The van der Waals surface area contributed by atoms with Crippen molar-refractivity contribution in [1.29, 1.82) is 0 Å². The zero-order valence-electron chi connectivity index (χ0n) is 10.4. The highest BCUT2D eigenvalue weighted by Crippen LogP contribution is 2.02. The maximum Gasteiger partial charge on any atom is 0.251 e. The molecule has 1 rings (SSSR count). The van der Waals surface area contributed by atoms with Crippen molar-refractivity contribution in [3.63, 3.8) is 0 Å². The first-order chi connectivity index (χ1) is 8.74. The van der Waals surface area contributed by atoms with E-state index < -0.39 is 5.82 Å². The van der Waals surface area contributed by atoms with Gasteiger partial charge in [0.05, 0.1) is 13.2 Å². The largest absolute Gasteiger partial charge is 0.382 e. The van der Waals surface area contributed by atoms with Crippen molar-refractivity contribution in [3.8, 4) is 0 Å². The maximum atomic E-state index is 12.9. The molecule has 0 saturated heterocycles. The number of methoxy groups -OCH3 is 1. The summed E-state index contributed by atoms with van der Waals surface area (Å²) < 4.78 is 22.9. The van der Waals surface area contributed by atoms with Gasteiger partial charge in [0.25, 0.3) is 5.91 Å². The first kappa shape index (κ1) is 14.6. The molecule has 1 aromatic rings. The molecular formula is C13H18FNO3. The number of rotatable bonds is 8. The Morgan fingerprint density at radius 2 is 2.17 bits per heavy atom.